The van der Waals surface area contributed by atoms with E-state index < -0.39 is 4.92 Å². The van der Waals surface area contributed by atoms with E-state index in [0.717, 1.165) is 16.8 Å². The van der Waals surface area contributed by atoms with Crippen LogP contribution in [-0.4, -0.2) is 15.1 Å². The second-order valence-electron chi connectivity index (χ2n) is 3.37. The van der Waals surface area contributed by atoms with Gasteiger partial charge in [0.25, 0.3) is 5.69 Å². The molecule has 0 N–H and O–H groups in total. The third-order valence-electron chi connectivity index (χ3n) is 2.27. The fraction of sp³-hybridized carbons (Fsp3) is 0.0909. The van der Waals surface area contributed by atoms with Gasteiger partial charge in [0, 0.05) is 23.9 Å². The number of nitro groups is 1. The summed E-state index contributed by atoms with van der Waals surface area (Å²) in [7, 11) is 0. The van der Waals surface area contributed by atoms with Gasteiger partial charge in [0.05, 0.1) is 10.6 Å². The zero-order valence-electron chi connectivity index (χ0n) is 8.62. The number of nitrogens with zero attached hydrogens (tertiary/aromatic N) is 3. The molecule has 1 aromatic heterocycles. The Morgan fingerprint density at radius 3 is 2.44 bits per heavy atom. The van der Waals surface area contributed by atoms with Gasteiger partial charge in [0.15, 0.2) is 0 Å². The summed E-state index contributed by atoms with van der Waals surface area (Å²) in [5.74, 6) is 0. The third-order valence-corrected chi connectivity index (χ3v) is 2.27. The molecular formula is C11H9N3O2. The molecule has 0 aliphatic rings. The molecule has 0 amide bonds. The molecule has 5 nitrogen and oxygen atoms in total. The molecule has 0 spiro atoms. The summed E-state index contributed by atoms with van der Waals surface area (Å²) in [6.45, 7) is 1.92. The van der Waals surface area contributed by atoms with Crippen LogP contribution in [0.5, 0.6) is 0 Å². The zero-order valence-corrected chi connectivity index (χ0v) is 8.62. The minimum atomic E-state index is -0.423. The second-order valence-corrected chi connectivity index (χ2v) is 3.37. The van der Waals surface area contributed by atoms with E-state index in [-0.39, 0.29) is 5.69 Å². The summed E-state index contributed by atoms with van der Waals surface area (Å²) >= 11 is 0. The van der Waals surface area contributed by atoms with Gasteiger partial charge < -0.3 is 0 Å². The van der Waals surface area contributed by atoms with Crippen LogP contribution in [-0.2, 0) is 0 Å². The lowest BCUT2D eigenvalue weighted by Gasteiger charge is -2.02. The van der Waals surface area contributed by atoms with Crippen LogP contribution in [0.1, 0.15) is 5.56 Å². The lowest BCUT2D eigenvalue weighted by Crippen LogP contribution is -1.91. The number of nitro benzene ring substituents is 1. The van der Waals surface area contributed by atoms with Crippen molar-refractivity contribution >= 4 is 5.69 Å². The maximum Gasteiger partial charge on any atom is 0.269 e. The fourth-order valence-corrected chi connectivity index (χ4v) is 1.42. The van der Waals surface area contributed by atoms with Gasteiger partial charge in [-0.2, -0.15) is 10.2 Å². The summed E-state index contributed by atoms with van der Waals surface area (Å²) < 4.78 is 0. The number of hydrogen-bond donors (Lipinski definition) is 0. The summed E-state index contributed by atoms with van der Waals surface area (Å²) in [5.41, 5.74) is 2.64. The van der Waals surface area contributed by atoms with Gasteiger partial charge in [-0.3, -0.25) is 10.1 Å². The highest BCUT2D eigenvalue weighted by Crippen LogP contribution is 2.22. The van der Waals surface area contributed by atoms with Crippen LogP contribution in [0.15, 0.2) is 36.5 Å². The minimum absolute atomic E-state index is 0.0743. The lowest BCUT2D eigenvalue weighted by atomic mass is 10.1. The number of non-ortho nitro benzene ring substituents is 1. The third kappa shape index (κ3) is 1.88. The highest BCUT2D eigenvalue weighted by Gasteiger charge is 2.07. The largest absolute Gasteiger partial charge is 0.269 e. The van der Waals surface area contributed by atoms with E-state index in [1.54, 1.807) is 18.3 Å². The maximum atomic E-state index is 10.5. The Labute approximate surface area is 91.9 Å². The molecule has 2 rings (SSSR count). The van der Waals surface area contributed by atoms with Crippen LogP contribution >= 0.6 is 0 Å². The van der Waals surface area contributed by atoms with Crippen LogP contribution in [0.3, 0.4) is 0 Å². The quantitative estimate of drug-likeness (QED) is 0.569. The first-order valence-electron chi connectivity index (χ1n) is 4.71. The minimum Gasteiger partial charge on any atom is -0.258 e. The van der Waals surface area contributed by atoms with Crippen LogP contribution < -0.4 is 0 Å². The number of rotatable bonds is 2. The smallest absolute Gasteiger partial charge is 0.258 e. The normalized spacial score (nSPS) is 10.1. The van der Waals surface area contributed by atoms with Crippen molar-refractivity contribution in [2.75, 3.05) is 0 Å². The molecule has 0 saturated heterocycles. The standard InChI is InChI=1S/C11H9N3O2/c1-8-6-7-12-13-11(8)9-2-4-10(5-3-9)14(15)16/h2-7H,1H3. The van der Waals surface area contributed by atoms with Crippen LogP contribution in [0.4, 0.5) is 5.69 Å². The summed E-state index contributed by atoms with van der Waals surface area (Å²) in [5, 5.41) is 18.3. The van der Waals surface area contributed by atoms with Gasteiger partial charge in [0.2, 0.25) is 0 Å². The van der Waals surface area contributed by atoms with Crippen LogP contribution in [0.2, 0.25) is 0 Å². The van der Waals surface area contributed by atoms with E-state index >= 15 is 0 Å². The van der Waals surface area contributed by atoms with E-state index in [4.69, 9.17) is 0 Å². The molecule has 0 unspecified atom stereocenters. The van der Waals surface area contributed by atoms with E-state index in [9.17, 15) is 10.1 Å². The molecule has 1 heterocycles. The first kappa shape index (κ1) is 10.2. The second kappa shape index (κ2) is 4.06. The lowest BCUT2D eigenvalue weighted by molar-refractivity contribution is -0.384. The van der Waals surface area contributed by atoms with Gasteiger partial charge in [-0.1, -0.05) is 0 Å². The van der Waals surface area contributed by atoms with Crippen molar-refractivity contribution in [1.29, 1.82) is 0 Å². The molecule has 1 aromatic carbocycles. The highest BCUT2D eigenvalue weighted by atomic mass is 16.6. The van der Waals surface area contributed by atoms with Crippen molar-refractivity contribution in [3.05, 3.63) is 52.2 Å². The summed E-state index contributed by atoms with van der Waals surface area (Å²) in [6, 6.07) is 8.13. The molecule has 0 atom stereocenters. The molecule has 16 heavy (non-hydrogen) atoms. The summed E-state index contributed by atoms with van der Waals surface area (Å²) in [6.07, 6.45) is 1.62. The predicted octanol–water partition coefficient (Wildman–Crippen LogP) is 2.36. The Bertz CT molecular complexity index is 523. The maximum absolute atomic E-state index is 10.5. The Morgan fingerprint density at radius 2 is 1.88 bits per heavy atom. The molecule has 0 aliphatic heterocycles. The Balaban J connectivity index is 2.43. The molecule has 5 heteroatoms. The van der Waals surface area contributed by atoms with Gasteiger partial charge in [-0.15, -0.1) is 0 Å². The topological polar surface area (TPSA) is 68.9 Å². The van der Waals surface area contributed by atoms with Crippen molar-refractivity contribution in [3.63, 3.8) is 0 Å². The van der Waals surface area contributed by atoms with Gasteiger partial charge in [0.1, 0.15) is 0 Å². The van der Waals surface area contributed by atoms with E-state index in [0.29, 0.717) is 0 Å². The average molecular weight is 215 g/mol. The van der Waals surface area contributed by atoms with Crippen molar-refractivity contribution in [1.82, 2.24) is 10.2 Å². The Kier molecular flexibility index (Phi) is 2.59. The number of benzene rings is 1. The molecule has 80 valence electrons. The van der Waals surface area contributed by atoms with Crippen molar-refractivity contribution in [2.45, 2.75) is 6.92 Å². The van der Waals surface area contributed by atoms with E-state index in [1.807, 2.05) is 13.0 Å². The van der Waals surface area contributed by atoms with E-state index in [2.05, 4.69) is 10.2 Å². The highest BCUT2D eigenvalue weighted by molar-refractivity contribution is 5.63. The monoisotopic (exact) mass is 215 g/mol. The van der Waals surface area contributed by atoms with Crippen LogP contribution in [0.25, 0.3) is 11.3 Å². The fourth-order valence-electron chi connectivity index (χ4n) is 1.42. The zero-order chi connectivity index (χ0) is 11.5. The van der Waals surface area contributed by atoms with Crippen molar-refractivity contribution in [2.24, 2.45) is 0 Å². The number of hydrogen-bond acceptors (Lipinski definition) is 4. The average Bonchev–Trinajstić information content (AvgIpc) is 2.30. The van der Waals surface area contributed by atoms with Gasteiger partial charge >= 0.3 is 0 Å². The van der Waals surface area contributed by atoms with Gasteiger partial charge in [-0.25, -0.2) is 0 Å². The molecular weight excluding hydrogens is 206 g/mol. The molecule has 0 bridgehead atoms. The molecule has 0 saturated carbocycles. The summed E-state index contributed by atoms with van der Waals surface area (Å²) in [4.78, 5) is 10.1. The van der Waals surface area contributed by atoms with E-state index in [1.165, 1.54) is 12.1 Å². The van der Waals surface area contributed by atoms with Crippen molar-refractivity contribution in [3.8, 4) is 11.3 Å². The molecule has 0 radical (unpaired) electrons. The van der Waals surface area contributed by atoms with Gasteiger partial charge in [-0.05, 0) is 30.7 Å². The number of aromatic nitrogens is 2. The molecule has 0 aliphatic carbocycles. The SMILES string of the molecule is Cc1ccnnc1-c1ccc([N+](=O)[O-])cc1. The van der Waals surface area contributed by atoms with Crippen molar-refractivity contribution < 1.29 is 4.92 Å². The first-order valence-corrected chi connectivity index (χ1v) is 4.71. The Morgan fingerprint density at radius 1 is 1.19 bits per heavy atom. The predicted molar refractivity (Wildman–Crippen MR) is 58.9 cm³/mol. The Hall–Kier alpha value is -2.30. The molecule has 0 fully saturated rings. The number of aryl methyl sites for hydroxylation is 1. The first-order chi connectivity index (χ1) is 7.68. The van der Waals surface area contributed by atoms with Crippen LogP contribution in [0, 0.1) is 17.0 Å². The molecule has 2 aromatic rings.